The molecule has 0 unspecified atom stereocenters. The first-order valence-electron chi connectivity index (χ1n) is 7.60. The minimum absolute atomic E-state index is 0.0107. The highest BCUT2D eigenvalue weighted by Gasteiger charge is 2.28. The van der Waals surface area contributed by atoms with Gasteiger partial charge in [-0.2, -0.15) is 4.31 Å². The molecule has 0 saturated carbocycles. The van der Waals surface area contributed by atoms with Crippen LogP contribution < -0.4 is 11.1 Å². The predicted octanol–water partition coefficient (Wildman–Crippen LogP) is -2.04. The van der Waals surface area contributed by atoms with Crippen molar-refractivity contribution in [2.45, 2.75) is 20.0 Å². The molecule has 10 heteroatoms. The topological polar surface area (TPSA) is 122 Å². The van der Waals surface area contributed by atoms with Crippen LogP contribution in [-0.2, 0) is 24.3 Å². The number of hydrogen-bond acceptors (Lipinski definition) is 6. The Hall–Kier alpha value is -1.23. The van der Waals surface area contributed by atoms with Crippen molar-refractivity contribution in [1.29, 1.82) is 0 Å². The average Bonchev–Trinajstić information content (AvgIpc) is 2.51. The van der Waals surface area contributed by atoms with Crippen LogP contribution >= 0.6 is 0 Å². The van der Waals surface area contributed by atoms with E-state index in [1.165, 1.54) is 9.21 Å². The molecule has 1 heterocycles. The van der Waals surface area contributed by atoms with Crippen molar-refractivity contribution >= 4 is 21.8 Å². The summed E-state index contributed by atoms with van der Waals surface area (Å²) in [6.07, 6.45) is -0.0107. The third-order valence-corrected chi connectivity index (χ3v) is 5.23. The lowest BCUT2D eigenvalue weighted by Gasteiger charge is -2.34. The van der Waals surface area contributed by atoms with E-state index in [2.05, 4.69) is 5.32 Å². The lowest BCUT2D eigenvalue weighted by molar-refractivity contribution is -0.133. The van der Waals surface area contributed by atoms with Crippen LogP contribution in [0.2, 0.25) is 0 Å². The molecule has 0 aromatic heterocycles. The Morgan fingerprint density at radius 3 is 2.35 bits per heavy atom. The van der Waals surface area contributed by atoms with E-state index >= 15 is 0 Å². The number of piperazine rings is 1. The molecule has 1 fully saturated rings. The molecule has 23 heavy (non-hydrogen) atoms. The van der Waals surface area contributed by atoms with Gasteiger partial charge in [0.05, 0.1) is 31.6 Å². The largest absolute Gasteiger partial charge is 0.378 e. The molecular weight excluding hydrogens is 324 g/mol. The van der Waals surface area contributed by atoms with E-state index in [1.807, 2.05) is 13.8 Å². The molecule has 134 valence electrons. The maximum absolute atomic E-state index is 12.2. The molecule has 1 aliphatic rings. The van der Waals surface area contributed by atoms with Gasteiger partial charge in [0.1, 0.15) is 0 Å². The zero-order valence-electron chi connectivity index (χ0n) is 13.7. The molecular formula is C13H26N4O5S. The molecule has 2 amide bonds. The van der Waals surface area contributed by atoms with E-state index < -0.39 is 15.9 Å². The first-order chi connectivity index (χ1) is 10.8. The van der Waals surface area contributed by atoms with E-state index in [9.17, 15) is 18.0 Å². The van der Waals surface area contributed by atoms with Crippen molar-refractivity contribution in [3.8, 4) is 0 Å². The summed E-state index contributed by atoms with van der Waals surface area (Å²) in [6.45, 7) is 4.68. The summed E-state index contributed by atoms with van der Waals surface area (Å²) < 4.78 is 31.0. The summed E-state index contributed by atoms with van der Waals surface area (Å²) in [7, 11) is -3.37. The highest BCUT2D eigenvalue weighted by molar-refractivity contribution is 7.89. The summed E-state index contributed by atoms with van der Waals surface area (Å²) in [5, 5.41) is 2.41. The highest BCUT2D eigenvalue weighted by atomic mass is 32.2. The first kappa shape index (κ1) is 19.8. The van der Waals surface area contributed by atoms with Crippen LogP contribution in [0.15, 0.2) is 0 Å². The molecule has 3 N–H and O–H groups in total. The number of rotatable bonds is 8. The van der Waals surface area contributed by atoms with Crippen molar-refractivity contribution in [3.63, 3.8) is 0 Å². The fourth-order valence-electron chi connectivity index (χ4n) is 2.09. The summed E-state index contributed by atoms with van der Waals surface area (Å²) in [5.41, 5.74) is 5.14. The molecule has 0 aromatic carbocycles. The molecule has 1 rings (SSSR count). The Bertz CT molecular complexity index is 500. The Morgan fingerprint density at radius 2 is 1.83 bits per heavy atom. The summed E-state index contributed by atoms with van der Waals surface area (Å²) in [4.78, 5) is 24.5. The van der Waals surface area contributed by atoms with Crippen LogP contribution in [0.4, 0.5) is 0 Å². The number of sulfonamides is 1. The second-order valence-electron chi connectivity index (χ2n) is 5.50. The van der Waals surface area contributed by atoms with Gasteiger partial charge < -0.3 is 20.7 Å². The molecule has 0 radical (unpaired) electrons. The second-order valence-corrected chi connectivity index (χ2v) is 7.58. The number of amides is 2. The van der Waals surface area contributed by atoms with Crippen LogP contribution in [0, 0.1) is 0 Å². The summed E-state index contributed by atoms with van der Waals surface area (Å²) in [6, 6.07) is 0. The van der Waals surface area contributed by atoms with Gasteiger partial charge in [0, 0.05) is 26.2 Å². The fourth-order valence-corrected chi connectivity index (χ4v) is 3.38. The van der Waals surface area contributed by atoms with Crippen molar-refractivity contribution in [2.75, 3.05) is 51.6 Å². The molecule has 0 atom stereocenters. The van der Waals surface area contributed by atoms with Crippen molar-refractivity contribution in [2.24, 2.45) is 5.73 Å². The van der Waals surface area contributed by atoms with Crippen molar-refractivity contribution in [3.05, 3.63) is 0 Å². The number of carbonyl (C=O) groups is 2. The summed E-state index contributed by atoms with van der Waals surface area (Å²) in [5.74, 6) is -0.706. The van der Waals surface area contributed by atoms with Gasteiger partial charge in [-0.25, -0.2) is 8.42 Å². The third-order valence-electron chi connectivity index (χ3n) is 3.40. The van der Waals surface area contributed by atoms with Gasteiger partial charge in [0.2, 0.25) is 21.8 Å². The summed E-state index contributed by atoms with van der Waals surface area (Å²) >= 11 is 0. The Morgan fingerprint density at radius 1 is 1.22 bits per heavy atom. The Labute approximate surface area is 137 Å². The van der Waals surface area contributed by atoms with Crippen LogP contribution in [0.3, 0.4) is 0 Å². The zero-order chi connectivity index (χ0) is 17.5. The van der Waals surface area contributed by atoms with E-state index in [0.29, 0.717) is 13.1 Å². The van der Waals surface area contributed by atoms with E-state index in [-0.39, 0.29) is 50.5 Å². The van der Waals surface area contributed by atoms with Crippen LogP contribution in [-0.4, -0.2) is 87.2 Å². The van der Waals surface area contributed by atoms with Crippen molar-refractivity contribution in [1.82, 2.24) is 14.5 Å². The third kappa shape index (κ3) is 6.81. The van der Waals surface area contributed by atoms with Gasteiger partial charge in [-0.05, 0) is 13.8 Å². The number of nitrogens with two attached hydrogens (primary N) is 1. The van der Waals surface area contributed by atoms with Gasteiger partial charge in [-0.15, -0.1) is 0 Å². The van der Waals surface area contributed by atoms with E-state index in [4.69, 9.17) is 10.5 Å². The number of hydrogen-bond donors (Lipinski definition) is 2. The molecule has 0 aromatic rings. The van der Waals surface area contributed by atoms with Gasteiger partial charge in [-0.1, -0.05) is 0 Å². The van der Waals surface area contributed by atoms with Crippen LogP contribution in [0.25, 0.3) is 0 Å². The van der Waals surface area contributed by atoms with Crippen LogP contribution in [0.5, 0.6) is 0 Å². The maximum Gasteiger partial charge on any atom is 0.242 e. The number of ether oxygens (including phenoxy) is 1. The SMILES string of the molecule is CC(C)OCCS(=O)(=O)N1CCN(C(=O)CNC(=O)CN)CC1. The molecule has 0 aliphatic carbocycles. The van der Waals surface area contributed by atoms with Gasteiger partial charge in [0.15, 0.2) is 0 Å². The monoisotopic (exact) mass is 350 g/mol. The zero-order valence-corrected chi connectivity index (χ0v) is 14.5. The molecule has 9 nitrogen and oxygen atoms in total. The second kappa shape index (κ2) is 9.16. The molecule has 1 aliphatic heterocycles. The fraction of sp³-hybridized carbons (Fsp3) is 0.846. The minimum Gasteiger partial charge on any atom is -0.378 e. The minimum atomic E-state index is -3.37. The van der Waals surface area contributed by atoms with Crippen molar-refractivity contribution < 1.29 is 22.7 Å². The molecule has 1 saturated heterocycles. The smallest absolute Gasteiger partial charge is 0.242 e. The maximum atomic E-state index is 12.2. The first-order valence-corrected chi connectivity index (χ1v) is 9.21. The highest BCUT2D eigenvalue weighted by Crippen LogP contribution is 2.08. The lowest BCUT2D eigenvalue weighted by Crippen LogP contribution is -2.53. The quantitative estimate of drug-likeness (QED) is 0.520. The predicted molar refractivity (Wildman–Crippen MR) is 85.1 cm³/mol. The normalized spacial score (nSPS) is 16.6. The average molecular weight is 350 g/mol. The number of nitrogens with zero attached hydrogens (tertiary/aromatic N) is 2. The van der Waals surface area contributed by atoms with Gasteiger partial charge in [0.25, 0.3) is 0 Å². The Balaban J connectivity index is 2.39. The lowest BCUT2D eigenvalue weighted by atomic mass is 10.3. The molecule has 0 bridgehead atoms. The van der Waals surface area contributed by atoms with E-state index in [1.54, 1.807) is 0 Å². The number of carbonyl (C=O) groups excluding carboxylic acids is 2. The van der Waals surface area contributed by atoms with Gasteiger partial charge >= 0.3 is 0 Å². The molecule has 0 spiro atoms. The van der Waals surface area contributed by atoms with Gasteiger partial charge in [-0.3, -0.25) is 9.59 Å². The van der Waals surface area contributed by atoms with Crippen LogP contribution in [0.1, 0.15) is 13.8 Å². The van der Waals surface area contributed by atoms with E-state index in [0.717, 1.165) is 0 Å². The Kier molecular flexibility index (Phi) is 7.89. The number of nitrogens with one attached hydrogen (secondary N) is 1. The standard InChI is InChI=1S/C13H26N4O5S/c1-11(2)22-7-8-23(20,21)17-5-3-16(4-6-17)13(19)10-15-12(18)9-14/h11H,3-10,14H2,1-2H3,(H,15,18).